The van der Waals surface area contributed by atoms with Crippen LogP contribution in [0.4, 0.5) is 8.78 Å². The van der Waals surface area contributed by atoms with Gasteiger partial charge in [0.2, 0.25) is 0 Å². The van der Waals surface area contributed by atoms with E-state index in [-0.39, 0.29) is 11.6 Å². The van der Waals surface area contributed by atoms with E-state index in [1.807, 2.05) is 25.1 Å². The molecule has 1 aromatic heterocycles. The molecule has 0 N–H and O–H groups in total. The Morgan fingerprint density at radius 1 is 1.15 bits per heavy atom. The second kappa shape index (κ2) is 4.87. The van der Waals surface area contributed by atoms with Crippen LogP contribution in [0, 0.1) is 18.6 Å². The highest BCUT2D eigenvalue weighted by molar-refractivity contribution is 6.17. The molecule has 0 saturated carbocycles. The molecule has 2 aromatic carbocycles. The molecule has 102 valence electrons. The van der Waals surface area contributed by atoms with Crippen molar-refractivity contribution in [2.24, 2.45) is 0 Å². The maximum Gasteiger partial charge on any atom is 0.147 e. The number of hydrogen-bond acceptors (Lipinski definition) is 1. The summed E-state index contributed by atoms with van der Waals surface area (Å²) in [7, 11) is 0. The number of imidazole rings is 1. The lowest BCUT2D eigenvalue weighted by atomic mass is 10.2. The van der Waals surface area contributed by atoms with Gasteiger partial charge in [-0.15, -0.1) is 11.6 Å². The molecule has 0 atom stereocenters. The van der Waals surface area contributed by atoms with Crippen LogP contribution in [0.25, 0.3) is 16.7 Å². The zero-order valence-corrected chi connectivity index (χ0v) is 11.5. The average molecular weight is 293 g/mol. The number of halogens is 3. The summed E-state index contributed by atoms with van der Waals surface area (Å²) in [6.45, 7) is 1.95. The minimum absolute atomic E-state index is 0.115. The van der Waals surface area contributed by atoms with Crippen molar-refractivity contribution >= 4 is 22.6 Å². The van der Waals surface area contributed by atoms with Crippen molar-refractivity contribution in [3.8, 4) is 5.69 Å². The smallest absolute Gasteiger partial charge is 0.147 e. The van der Waals surface area contributed by atoms with E-state index in [1.54, 1.807) is 4.57 Å². The van der Waals surface area contributed by atoms with Gasteiger partial charge in [0, 0.05) is 6.07 Å². The highest BCUT2D eigenvalue weighted by atomic mass is 35.5. The van der Waals surface area contributed by atoms with Crippen molar-refractivity contribution in [1.29, 1.82) is 0 Å². The first kappa shape index (κ1) is 13.1. The summed E-state index contributed by atoms with van der Waals surface area (Å²) in [6.07, 6.45) is 0. The van der Waals surface area contributed by atoms with Crippen molar-refractivity contribution in [2.75, 3.05) is 0 Å². The first-order valence-electron chi connectivity index (χ1n) is 6.09. The van der Waals surface area contributed by atoms with Gasteiger partial charge in [-0.25, -0.2) is 13.8 Å². The standard InChI is InChI=1S/C15H11ClF2N2/c1-9-2-5-13-12(6-9)19-15(8-16)20(13)14-7-10(17)3-4-11(14)18/h2-7H,8H2,1H3. The van der Waals surface area contributed by atoms with Gasteiger partial charge in [0.25, 0.3) is 0 Å². The van der Waals surface area contributed by atoms with E-state index >= 15 is 0 Å². The van der Waals surface area contributed by atoms with Crippen LogP contribution in [-0.2, 0) is 5.88 Å². The van der Waals surface area contributed by atoms with Gasteiger partial charge in [-0.1, -0.05) is 6.07 Å². The molecule has 0 amide bonds. The van der Waals surface area contributed by atoms with Gasteiger partial charge in [-0.3, -0.25) is 4.57 Å². The maximum atomic E-state index is 14.0. The zero-order chi connectivity index (χ0) is 14.3. The minimum atomic E-state index is -0.516. The average Bonchev–Trinajstić information content (AvgIpc) is 2.78. The summed E-state index contributed by atoms with van der Waals surface area (Å²) in [5.41, 5.74) is 2.58. The Hall–Kier alpha value is -1.94. The number of aryl methyl sites for hydroxylation is 1. The predicted molar refractivity (Wildman–Crippen MR) is 75.3 cm³/mol. The molecular formula is C15H11ClF2N2. The molecule has 0 unspecified atom stereocenters. The molecular weight excluding hydrogens is 282 g/mol. The monoisotopic (exact) mass is 292 g/mol. The molecule has 5 heteroatoms. The fourth-order valence-electron chi connectivity index (χ4n) is 2.26. The normalized spacial score (nSPS) is 11.2. The van der Waals surface area contributed by atoms with Crippen molar-refractivity contribution in [1.82, 2.24) is 9.55 Å². The van der Waals surface area contributed by atoms with Crippen LogP contribution in [0.3, 0.4) is 0 Å². The van der Waals surface area contributed by atoms with Gasteiger partial charge >= 0.3 is 0 Å². The second-order valence-electron chi connectivity index (χ2n) is 4.58. The van der Waals surface area contributed by atoms with E-state index in [0.717, 1.165) is 23.8 Å². The SMILES string of the molecule is Cc1ccc2c(c1)nc(CCl)n2-c1cc(F)ccc1F. The summed E-state index contributed by atoms with van der Waals surface area (Å²) in [5, 5.41) is 0. The number of nitrogens with zero attached hydrogens (tertiary/aromatic N) is 2. The lowest BCUT2D eigenvalue weighted by molar-refractivity contribution is 0.592. The topological polar surface area (TPSA) is 17.8 Å². The van der Waals surface area contributed by atoms with Crippen molar-refractivity contribution in [2.45, 2.75) is 12.8 Å². The van der Waals surface area contributed by atoms with E-state index in [4.69, 9.17) is 11.6 Å². The lowest BCUT2D eigenvalue weighted by Crippen LogP contribution is -2.02. The molecule has 0 aliphatic heterocycles. The molecule has 3 aromatic rings. The highest BCUT2D eigenvalue weighted by Crippen LogP contribution is 2.25. The Morgan fingerprint density at radius 3 is 2.70 bits per heavy atom. The number of alkyl halides is 1. The number of fused-ring (bicyclic) bond motifs is 1. The van der Waals surface area contributed by atoms with E-state index in [9.17, 15) is 8.78 Å². The number of aromatic nitrogens is 2. The molecule has 0 saturated heterocycles. The summed E-state index contributed by atoms with van der Waals surface area (Å²) in [4.78, 5) is 4.38. The van der Waals surface area contributed by atoms with Crippen molar-refractivity contribution < 1.29 is 8.78 Å². The summed E-state index contributed by atoms with van der Waals surface area (Å²) >= 11 is 5.89. The van der Waals surface area contributed by atoms with E-state index in [0.29, 0.717) is 16.9 Å². The van der Waals surface area contributed by atoms with Gasteiger partial charge in [-0.2, -0.15) is 0 Å². The Balaban J connectivity index is 2.37. The molecule has 0 aliphatic rings. The Kier molecular flexibility index (Phi) is 3.18. The fraction of sp³-hybridized carbons (Fsp3) is 0.133. The summed E-state index contributed by atoms with van der Waals surface area (Å²) in [5.74, 6) is -0.422. The quantitative estimate of drug-likeness (QED) is 0.642. The van der Waals surface area contributed by atoms with Gasteiger partial charge in [-0.05, 0) is 36.8 Å². The molecule has 0 radical (unpaired) electrons. The van der Waals surface area contributed by atoms with Crippen LogP contribution < -0.4 is 0 Å². The molecule has 2 nitrogen and oxygen atoms in total. The van der Waals surface area contributed by atoms with Crippen LogP contribution in [0.1, 0.15) is 11.4 Å². The van der Waals surface area contributed by atoms with Crippen LogP contribution in [0.15, 0.2) is 36.4 Å². The van der Waals surface area contributed by atoms with Crippen LogP contribution in [0.5, 0.6) is 0 Å². The van der Waals surface area contributed by atoms with Gasteiger partial charge in [0.15, 0.2) is 0 Å². The fourth-order valence-corrected chi connectivity index (χ4v) is 2.44. The van der Waals surface area contributed by atoms with Gasteiger partial charge in [0.05, 0.1) is 22.6 Å². The van der Waals surface area contributed by atoms with Crippen LogP contribution >= 0.6 is 11.6 Å². The first-order chi connectivity index (χ1) is 9.60. The van der Waals surface area contributed by atoms with E-state index in [2.05, 4.69) is 4.98 Å². The summed E-state index contributed by atoms with van der Waals surface area (Å²) in [6, 6.07) is 8.95. The zero-order valence-electron chi connectivity index (χ0n) is 10.7. The van der Waals surface area contributed by atoms with Crippen LogP contribution in [-0.4, -0.2) is 9.55 Å². The van der Waals surface area contributed by atoms with Gasteiger partial charge < -0.3 is 0 Å². The third-order valence-electron chi connectivity index (χ3n) is 3.15. The molecule has 20 heavy (non-hydrogen) atoms. The molecule has 0 fully saturated rings. The second-order valence-corrected chi connectivity index (χ2v) is 4.85. The third kappa shape index (κ3) is 2.06. The number of hydrogen-bond donors (Lipinski definition) is 0. The predicted octanol–water partition coefficient (Wildman–Crippen LogP) is 4.35. The molecule has 0 spiro atoms. The van der Waals surface area contributed by atoms with Crippen LogP contribution in [0.2, 0.25) is 0 Å². The Morgan fingerprint density at radius 2 is 1.95 bits per heavy atom. The van der Waals surface area contributed by atoms with Crippen molar-refractivity contribution in [3.05, 3.63) is 59.4 Å². The van der Waals surface area contributed by atoms with Gasteiger partial charge in [0.1, 0.15) is 17.5 Å². The van der Waals surface area contributed by atoms with E-state index < -0.39 is 11.6 Å². The Bertz CT molecular complexity index is 796. The molecule has 0 bridgehead atoms. The molecule has 3 rings (SSSR count). The van der Waals surface area contributed by atoms with Crippen molar-refractivity contribution in [3.63, 3.8) is 0 Å². The lowest BCUT2D eigenvalue weighted by Gasteiger charge is -2.09. The number of benzene rings is 2. The highest BCUT2D eigenvalue weighted by Gasteiger charge is 2.15. The molecule has 0 aliphatic carbocycles. The summed E-state index contributed by atoms with van der Waals surface area (Å²) < 4.78 is 29.0. The Labute approximate surface area is 119 Å². The minimum Gasteiger partial charge on any atom is -0.292 e. The first-order valence-corrected chi connectivity index (χ1v) is 6.63. The van der Waals surface area contributed by atoms with E-state index in [1.165, 1.54) is 0 Å². The number of rotatable bonds is 2. The maximum absolute atomic E-state index is 14.0. The third-order valence-corrected chi connectivity index (χ3v) is 3.39. The molecule has 1 heterocycles. The largest absolute Gasteiger partial charge is 0.292 e.